The van der Waals surface area contributed by atoms with E-state index in [4.69, 9.17) is 0 Å². The summed E-state index contributed by atoms with van der Waals surface area (Å²) in [6, 6.07) is 12.3. The summed E-state index contributed by atoms with van der Waals surface area (Å²) in [7, 11) is 0. The predicted octanol–water partition coefficient (Wildman–Crippen LogP) is 5.17. The normalized spacial score (nSPS) is 11.0. The van der Waals surface area contributed by atoms with Crippen molar-refractivity contribution in [3.63, 3.8) is 0 Å². The highest BCUT2D eigenvalue weighted by atomic mass is 16.1. The second-order valence-corrected chi connectivity index (χ2v) is 6.48. The molecule has 0 radical (unpaired) electrons. The van der Waals surface area contributed by atoms with Crippen LogP contribution in [-0.2, 0) is 6.54 Å². The maximum atomic E-state index is 13.1. The second-order valence-electron chi connectivity index (χ2n) is 6.48. The molecule has 1 heterocycles. The van der Waals surface area contributed by atoms with Crippen molar-refractivity contribution in [1.82, 2.24) is 4.57 Å². The van der Waals surface area contributed by atoms with E-state index >= 15 is 0 Å². The van der Waals surface area contributed by atoms with E-state index in [9.17, 15) is 4.79 Å². The molecule has 2 aromatic carbocycles. The first-order valence-electron chi connectivity index (χ1n) is 8.33. The third kappa shape index (κ3) is 2.92. The maximum Gasteiger partial charge on any atom is 0.197 e. The van der Waals surface area contributed by atoms with Crippen molar-refractivity contribution in [2.45, 2.75) is 33.7 Å². The number of hydrogen-bond donors (Lipinski definition) is 0. The fraction of sp³-hybridized carbons (Fsp3) is 0.227. The van der Waals surface area contributed by atoms with Gasteiger partial charge >= 0.3 is 0 Å². The molecule has 3 rings (SSSR count). The lowest BCUT2D eigenvalue weighted by Crippen LogP contribution is -2.13. The monoisotopic (exact) mass is 317 g/mol. The molecule has 24 heavy (non-hydrogen) atoms. The van der Waals surface area contributed by atoms with E-state index in [1.807, 2.05) is 31.3 Å². The standard InChI is InChI=1S/C22H23NO/c1-5-6-11-23-14-19(18-9-7-15(2)8-10-18)22(24)21-17(4)12-16(3)13-20(21)23/h5,7-10,12-14H,1,6,11H2,2-4H3. The van der Waals surface area contributed by atoms with Crippen molar-refractivity contribution in [1.29, 1.82) is 0 Å². The molecule has 2 heteroatoms. The van der Waals surface area contributed by atoms with Gasteiger partial charge in [0.15, 0.2) is 5.43 Å². The van der Waals surface area contributed by atoms with Crippen LogP contribution >= 0.6 is 0 Å². The maximum absolute atomic E-state index is 13.1. The Balaban J connectivity index is 2.34. The van der Waals surface area contributed by atoms with Crippen LogP contribution in [0.2, 0.25) is 0 Å². The second kappa shape index (κ2) is 6.48. The summed E-state index contributed by atoms with van der Waals surface area (Å²) in [5.41, 5.74) is 6.26. The van der Waals surface area contributed by atoms with E-state index in [2.05, 4.69) is 49.3 Å². The van der Waals surface area contributed by atoms with Gasteiger partial charge in [-0.05, 0) is 49.9 Å². The Morgan fingerprint density at radius 3 is 2.42 bits per heavy atom. The number of allylic oxidation sites excluding steroid dienone is 1. The van der Waals surface area contributed by atoms with Crippen LogP contribution in [0.4, 0.5) is 0 Å². The molecule has 0 aliphatic carbocycles. The Bertz CT molecular complexity index is 962. The first-order chi connectivity index (χ1) is 11.5. The molecule has 0 saturated carbocycles. The average Bonchev–Trinajstić information content (AvgIpc) is 2.54. The molecular weight excluding hydrogens is 294 g/mol. The van der Waals surface area contributed by atoms with Gasteiger partial charge in [0.2, 0.25) is 0 Å². The van der Waals surface area contributed by atoms with Crippen LogP contribution in [0.25, 0.3) is 22.0 Å². The Morgan fingerprint density at radius 1 is 1.04 bits per heavy atom. The SMILES string of the molecule is C=CCCn1cc(-c2ccc(C)cc2)c(=O)c2c(C)cc(C)cc21. The predicted molar refractivity (Wildman–Crippen MR) is 103 cm³/mol. The van der Waals surface area contributed by atoms with E-state index in [0.29, 0.717) is 0 Å². The summed E-state index contributed by atoms with van der Waals surface area (Å²) in [6.07, 6.45) is 4.79. The number of pyridine rings is 1. The molecule has 3 aromatic rings. The zero-order valence-electron chi connectivity index (χ0n) is 14.6. The minimum atomic E-state index is 0.112. The third-order valence-corrected chi connectivity index (χ3v) is 4.46. The molecule has 0 bridgehead atoms. The summed E-state index contributed by atoms with van der Waals surface area (Å²) in [4.78, 5) is 13.1. The van der Waals surface area contributed by atoms with Gasteiger partial charge in [0.05, 0.1) is 5.52 Å². The van der Waals surface area contributed by atoms with Gasteiger partial charge in [-0.15, -0.1) is 6.58 Å². The van der Waals surface area contributed by atoms with Gasteiger partial charge in [0.1, 0.15) is 0 Å². The number of nitrogens with zero attached hydrogens (tertiary/aromatic N) is 1. The van der Waals surface area contributed by atoms with E-state index in [1.165, 1.54) is 11.1 Å². The Morgan fingerprint density at radius 2 is 1.75 bits per heavy atom. The first-order valence-corrected chi connectivity index (χ1v) is 8.33. The van der Waals surface area contributed by atoms with Crippen LogP contribution < -0.4 is 5.43 Å². The molecule has 0 N–H and O–H groups in total. The average molecular weight is 317 g/mol. The van der Waals surface area contributed by atoms with Gasteiger partial charge in [-0.2, -0.15) is 0 Å². The molecule has 0 saturated heterocycles. The first kappa shape index (κ1) is 16.3. The largest absolute Gasteiger partial charge is 0.346 e. The molecule has 0 aliphatic rings. The molecule has 0 amide bonds. The topological polar surface area (TPSA) is 22.0 Å². The Labute approximate surface area is 143 Å². The Kier molecular flexibility index (Phi) is 4.39. The molecule has 0 spiro atoms. The lowest BCUT2D eigenvalue weighted by molar-refractivity contribution is 0.732. The molecular formula is C22H23NO. The van der Waals surface area contributed by atoms with Crippen LogP contribution in [0.15, 0.2) is 60.0 Å². The number of aromatic nitrogens is 1. The Hall–Kier alpha value is -2.61. The number of hydrogen-bond acceptors (Lipinski definition) is 1. The highest BCUT2D eigenvalue weighted by Crippen LogP contribution is 2.24. The van der Waals surface area contributed by atoms with E-state index in [0.717, 1.165) is 40.6 Å². The number of rotatable bonds is 4. The smallest absolute Gasteiger partial charge is 0.197 e. The minimum Gasteiger partial charge on any atom is -0.346 e. The summed E-state index contributed by atoms with van der Waals surface area (Å²) in [6.45, 7) is 10.8. The highest BCUT2D eigenvalue weighted by Gasteiger charge is 2.13. The molecule has 1 aromatic heterocycles. The van der Waals surface area contributed by atoms with Crippen LogP contribution in [0.3, 0.4) is 0 Å². The fourth-order valence-corrected chi connectivity index (χ4v) is 3.24. The van der Waals surface area contributed by atoms with Crippen LogP contribution in [0.5, 0.6) is 0 Å². The van der Waals surface area contributed by atoms with Gasteiger partial charge in [-0.1, -0.05) is 42.0 Å². The molecule has 0 aliphatic heterocycles. The third-order valence-electron chi connectivity index (χ3n) is 4.46. The van der Waals surface area contributed by atoms with Crippen molar-refractivity contribution < 1.29 is 0 Å². The molecule has 122 valence electrons. The van der Waals surface area contributed by atoms with Crippen molar-refractivity contribution in [3.05, 3.63) is 82.2 Å². The number of aryl methyl sites for hydroxylation is 4. The zero-order chi connectivity index (χ0) is 17.3. The van der Waals surface area contributed by atoms with Crippen molar-refractivity contribution >= 4 is 10.9 Å². The van der Waals surface area contributed by atoms with Crippen LogP contribution in [-0.4, -0.2) is 4.57 Å². The van der Waals surface area contributed by atoms with E-state index in [-0.39, 0.29) is 5.43 Å². The number of benzene rings is 2. The highest BCUT2D eigenvalue weighted by molar-refractivity contribution is 5.87. The zero-order valence-corrected chi connectivity index (χ0v) is 14.6. The molecule has 0 fully saturated rings. The summed E-state index contributed by atoms with van der Waals surface area (Å²) in [5.74, 6) is 0. The summed E-state index contributed by atoms with van der Waals surface area (Å²) >= 11 is 0. The van der Waals surface area contributed by atoms with Crippen molar-refractivity contribution in [2.24, 2.45) is 0 Å². The van der Waals surface area contributed by atoms with E-state index in [1.54, 1.807) is 0 Å². The summed E-state index contributed by atoms with van der Waals surface area (Å²) < 4.78 is 2.19. The minimum absolute atomic E-state index is 0.112. The molecule has 0 unspecified atom stereocenters. The lowest BCUT2D eigenvalue weighted by Gasteiger charge is -2.15. The summed E-state index contributed by atoms with van der Waals surface area (Å²) in [5, 5.41) is 0.822. The van der Waals surface area contributed by atoms with Gasteiger partial charge in [-0.25, -0.2) is 0 Å². The van der Waals surface area contributed by atoms with Gasteiger partial charge in [0, 0.05) is 23.7 Å². The lowest BCUT2D eigenvalue weighted by atomic mass is 9.99. The quantitative estimate of drug-likeness (QED) is 0.608. The van der Waals surface area contributed by atoms with Crippen molar-refractivity contribution in [2.75, 3.05) is 0 Å². The van der Waals surface area contributed by atoms with Gasteiger partial charge in [0.25, 0.3) is 0 Å². The number of fused-ring (bicyclic) bond motifs is 1. The van der Waals surface area contributed by atoms with Gasteiger partial charge < -0.3 is 4.57 Å². The van der Waals surface area contributed by atoms with Gasteiger partial charge in [-0.3, -0.25) is 4.79 Å². The van der Waals surface area contributed by atoms with Crippen LogP contribution in [0, 0.1) is 20.8 Å². The van der Waals surface area contributed by atoms with Crippen molar-refractivity contribution in [3.8, 4) is 11.1 Å². The molecule has 0 atom stereocenters. The fourth-order valence-electron chi connectivity index (χ4n) is 3.24. The molecule has 2 nitrogen and oxygen atoms in total. The van der Waals surface area contributed by atoms with E-state index < -0.39 is 0 Å². The van der Waals surface area contributed by atoms with Crippen LogP contribution in [0.1, 0.15) is 23.1 Å².